The molecular formula is C72H95N20O38P7S7. The molecule has 16 heterocycles. The average molecular weight is 2290 g/mol. The molecular weight excluding hydrogens is 2190 g/mol. The number of hydrogen-bond donors (Lipinski definition) is 14. The van der Waals surface area contributed by atoms with Crippen molar-refractivity contribution in [3.63, 3.8) is 0 Å². The zero-order chi connectivity index (χ0) is 104. The minimum Gasteiger partial charge on any atom is -0.382 e. The Kier molecular flexibility index (Phi) is 33.9. The fourth-order valence-corrected chi connectivity index (χ4v) is 26.9. The number of rotatable bonds is 41. The first kappa shape index (κ1) is 110. The average Bonchev–Trinajstić information content (AvgIpc) is 1.63. The van der Waals surface area contributed by atoms with Crippen molar-refractivity contribution < 1.29 is 128 Å². The van der Waals surface area contributed by atoms with Crippen molar-refractivity contribution in [3.8, 4) is 0 Å². The zero-order valence-corrected chi connectivity index (χ0v) is 88.5. The number of H-pyrrole nitrogens is 5. The molecule has 0 aliphatic carbocycles. The summed E-state index contributed by atoms with van der Waals surface area (Å²) < 4.78 is 236. The topological polar surface area (TPSA) is 727 Å². The van der Waals surface area contributed by atoms with Crippen LogP contribution >= 0.6 is 133 Å². The van der Waals surface area contributed by atoms with Crippen LogP contribution in [0.3, 0.4) is 0 Å². The molecule has 0 bridgehead atoms. The molecule has 7 saturated heterocycles. The Hall–Kier alpha value is -6.68. The van der Waals surface area contributed by atoms with Crippen LogP contribution in [0.2, 0.25) is 0 Å². The van der Waals surface area contributed by atoms with Gasteiger partial charge in [0.1, 0.15) is 141 Å². The highest BCUT2D eigenvalue weighted by Crippen LogP contribution is 2.65. The lowest BCUT2D eigenvalue weighted by Crippen LogP contribution is -2.33. The lowest BCUT2D eigenvalue weighted by molar-refractivity contribution is -0.0542. The van der Waals surface area contributed by atoms with E-state index in [1.165, 1.54) is 70.7 Å². The van der Waals surface area contributed by atoms with Crippen LogP contribution in [0.4, 0.5) is 11.6 Å². The molecule has 0 aromatic carbocycles. The van der Waals surface area contributed by atoms with Crippen LogP contribution in [0.1, 0.15) is 130 Å². The third-order valence-corrected chi connectivity index (χ3v) is 35.5. The minimum absolute atomic E-state index is 0.000290. The Bertz CT molecular complexity index is 7400. The summed E-state index contributed by atoms with van der Waals surface area (Å²) in [6, 6.07) is 0. The lowest BCUT2D eigenvalue weighted by atomic mass is 10.1. The maximum atomic E-state index is 15.0. The van der Waals surface area contributed by atoms with Crippen molar-refractivity contribution >= 4 is 167 Å². The zero-order valence-electron chi connectivity index (χ0n) is 76.0. The summed E-state index contributed by atoms with van der Waals surface area (Å²) in [5.41, 5.74) is 4.76. The molecule has 28 atom stereocenters. The predicted molar refractivity (Wildman–Crippen MR) is 523 cm³/mol. The van der Waals surface area contributed by atoms with Crippen molar-refractivity contribution in [2.45, 2.75) is 222 Å². The highest BCUT2D eigenvalue weighted by molar-refractivity contribution is 8.46. The number of nitrogens with zero attached hydrogens (tertiary/aromatic N) is 13. The van der Waals surface area contributed by atoms with Gasteiger partial charge in [0.15, 0.2) is 22.9 Å². The predicted octanol–water partition coefficient (Wildman–Crippen LogP) is 6.25. The number of fused-ring (bicyclic) bond motifs is 2. The smallest absolute Gasteiger partial charge is 0.382 e. The maximum absolute atomic E-state index is 15.0. The van der Waals surface area contributed by atoms with E-state index in [2.05, 4.69) is 141 Å². The Morgan fingerprint density at radius 2 is 0.507 bits per heavy atom. The van der Waals surface area contributed by atoms with Crippen LogP contribution in [0.15, 0.2) is 104 Å². The van der Waals surface area contributed by atoms with Gasteiger partial charge in [0.25, 0.3) is 27.8 Å². The SMILES string of the molecule is CC[C@H]1O[C@@H](n2cnc3c(N)ncnc32)CC1OP(=O)(S)OC[C@H]1O[C@@H](n2cnc3c(N)ncnc32)CC1OP(=O)(S)OC[C@H]1O[C@@H](n2cc(C)c(=O)[nH]c2=O)CC1OP(=O)(S)OC[C@H]1O[C@@H](n2cc(C)c(=O)[nH]c2=O)CC1OP(=O)(S)OC[C@H]1O[C@@H](n2cc(C)c(=O)[nH]c2=O)CC1OP(=O)(S)OC[C@H]1O[C@@H](n2cc(C)c(=O)[nH]c2=O)CC1OP(=O)(S)OC[C@H]1O[C@@H](n2cc(C)c(=O)[nH]c2=O)CC1OP(=O)(S)OC. The molecule has 0 amide bonds. The molecule has 7 fully saturated rings. The highest BCUT2D eigenvalue weighted by Gasteiger charge is 2.53. The van der Waals surface area contributed by atoms with Crippen molar-refractivity contribution in [2.24, 2.45) is 0 Å². The van der Waals surface area contributed by atoms with E-state index in [0.717, 1.165) is 54.7 Å². The number of ether oxygens (including phenoxy) is 7. The van der Waals surface area contributed by atoms with Crippen LogP contribution in [0, 0.1) is 34.6 Å². The van der Waals surface area contributed by atoms with E-state index in [0.29, 0.717) is 17.6 Å². The molecule has 9 aromatic heterocycles. The molecule has 144 heavy (non-hydrogen) atoms. The molecule has 9 aromatic rings. The van der Waals surface area contributed by atoms with E-state index < -0.39 is 298 Å². The van der Waals surface area contributed by atoms with Crippen LogP contribution in [0.5, 0.6) is 0 Å². The van der Waals surface area contributed by atoms with Gasteiger partial charge < -0.3 is 49.1 Å². The van der Waals surface area contributed by atoms with Gasteiger partial charge in [-0.05, 0) is 41.0 Å². The summed E-state index contributed by atoms with van der Waals surface area (Å²) in [7, 11) is 1.04. The summed E-state index contributed by atoms with van der Waals surface area (Å²) >= 11 is 29.8. The van der Waals surface area contributed by atoms with E-state index in [1.54, 1.807) is 4.57 Å². The third-order valence-electron chi connectivity index (χ3n) is 23.9. The molecule has 7 aliphatic rings. The van der Waals surface area contributed by atoms with Gasteiger partial charge in [-0.2, -0.15) is 0 Å². The second-order valence-electron chi connectivity index (χ2n) is 33.8. The summed E-state index contributed by atoms with van der Waals surface area (Å²) in [5.74, 6) is 0.152. The van der Waals surface area contributed by atoms with E-state index >= 15 is 0 Å². The number of imidazole rings is 2. The number of hydrogen-bond acceptors (Lipinski definition) is 46. The number of nitrogens with two attached hydrogens (primary N) is 2. The van der Waals surface area contributed by atoms with Gasteiger partial charge in [0.2, 0.25) is 0 Å². The summed E-state index contributed by atoms with van der Waals surface area (Å²) in [4.78, 5) is 166. The standard InChI is InChI=1S/C72H95N20O38P7S7/c1-8-36-37(9-55(117-36)91-29-79-57-59(73)75-27-77-61(57)91)125-132(104,139)111-26-49-43(15-56(123-49)92-30-80-58-60(74)76-28-78-62(58)92)130-137(109,144)116-25-48-42(14-54(122-48)90-20-35(6)67(97)85-72(90)102)129-136(108,143)115-24-47-41(13-53(121-47)89-19-34(5)66(96)84-71(89)101)128-135(107,142)114-23-46-40(12-52(120-46)88-18-33(4)65(95)83-70(88)100)127-134(106,141)113-22-45-39(11-51(119-45)87-17-32(3)64(94)82-69(87)99)126-133(105,140)112-21-44-38(124-131(103,138)110-7)10-50(118-44)86-16-31(2)63(93)81-68(86)98/h16-20,27-30,36-56H,8-15,21-26H2,1-7H3,(H,103,138)(H,104,139)(H,105,140)(H,106,141)(H,107,142)(H,108,143)(H,109,144)(H2,73,75,77)(H2,74,76,78)(H,81,93,98)(H,82,94,99)(H,83,95,100)(H,84,96,101)(H,85,97,102)/t36-,37?,38?,39?,40?,41?,42?,43?,44-,45-,46-,47-,48-,49-,50-,51-,52-,53-,54-,55-,56-,131?,132?,133?,134?,135?,136?,137?/m1/s1. The van der Waals surface area contributed by atoms with Gasteiger partial charge in [-0.3, -0.25) is 140 Å². The fourth-order valence-electron chi connectivity index (χ4n) is 16.7. The maximum Gasteiger partial charge on any atom is 0.386 e. The highest BCUT2D eigenvalue weighted by atomic mass is 32.7. The summed E-state index contributed by atoms with van der Waals surface area (Å²) in [6.45, 7) is -29.2. The number of nitrogen functional groups attached to an aromatic ring is 2. The number of aromatic nitrogens is 18. The molecule has 788 valence electrons. The Morgan fingerprint density at radius 3 is 0.715 bits per heavy atom. The first-order chi connectivity index (χ1) is 67.8. The number of thiol groups is 7. The van der Waals surface area contributed by atoms with E-state index in [4.69, 9.17) is 108 Å². The summed E-state index contributed by atoms with van der Waals surface area (Å²) in [5, 5.41) is 0. The lowest BCUT2D eigenvalue weighted by Gasteiger charge is -2.27. The minimum atomic E-state index is -4.97. The fraction of sp³-hybridized carbons (Fsp3) is 0.583. The molecule has 7 aliphatic heterocycles. The Balaban J connectivity index is 0.603. The van der Waals surface area contributed by atoms with Gasteiger partial charge in [-0.1, -0.05) is 92.7 Å². The Morgan fingerprint density at radius 1 is 0.312 bits per heavy atom. The molecule has 0 saturated carbocycles. The van der Waals surface area contributed by atoms with Crippen LogP contribution in [-0.4, -0.2) is 219 Å². The normalized spacial score (nSPS) is 29.7. The van der Waals surface area contributed by atoms with Crippen LogP contribution < -0.4 is 67.7 Å². The molecule has 9 N–H and O–H groups in total. The van der Waals surface area contributed by atoms with Gasteiger partial charge in [0.05, 0.1) is 64.5 Å². The van der Waals surface area contributed by atoms with Crippen LogP contribution in [0.25, 0.3) is 22.3 Å². The van der Waals surface area contributed by atoms with Crippen molar-refractivity contribution in [1.82, 2.24) is 86.8 Å². The van der Waals surface area contributed by atoms with Crippen molar-refractivity contribution in [2.75, 3.05) is 58.2 Å². The number of aromatic amines is 5. The number of nitrogens with one attached hydrogen (secondary N) is 5. The summed E-state index contributed by atoms with van der Waals surface area (Å²) in [6.07, 6.45) is -19.0. The third kappa shape index (κ3) is 25.9. The van der Waals surface area contributed by atoms with Gasteiger partial charge in [-0.25, -0.2) is 85.8 Å². The van der Waals surface area contributed by atoms with Crippen molar-refractivity contribution in [1.29, 1.82) is 0 Å². The second kappa shape index (κ2) is 44.3. The molecule has 72 heteroatoms. The molecule has 58 nitrogen and oxygen atoms in total. The van der Waals surface area contributed by atoms with Crippen molar-refractivity contribution in [3.05, 3.63) is 188 Å². The number of anilines is 2. The first-order valence-corrected chi connectivity index (χ1v) is 62.2. The molecule has 0 radical (unpaired) electrons. The molecule has 0 spiro atoms. The van der Waals surface area contributed by atoms with E-state index in [9.17, 15) is 79.9 Å². The second-order valence-corrected chi connectivity index (χ2v) is 54.0. The van der Waals surface area contributed by atoms with Crippen LogP contribution in [-0.2, 0) is 128 Å². The quantitative estimate of drug-likeness (QED) is 0.0149. The first-order valence-electron chi connectivity index (χ1n) is 43.3. The van der Waals surface area contributed by atoms with Gasteiger partial charge >= 0.3 is 76.0 Å². The number of aryl methyl sites for hydroxylation is 5. The largest absolute Gasteiger partial charge is 0.386 e. The Labute approximate surface area is 845 Å². The molecule has 16 rings (SSSR count). The molecule has 14 unspecified atom stereocenters. The van der Waals surface area contributed by atoms with E-state index in [1.807, 2.05) is 6.92 Å². The van der Waals surface area contributed by atoms with Gasteiger partial charge in [0, 0.05) is 111 Å². The monoisotopic (exact) mass is 2290 g/mol. The van der Waals surface area contributed by atoms with E-state index in [-0.39, 0.29) is 69.9 Å². The van der Waals surface area contributed by atoms with Gasteiger partial charge in [-0.15, -0.1) is 0 Å².